The van der Waals surface area contributed by atoms with Crippen LogP contribution in [0.2, 0.25) is 0 Å². The zero-order chi connectivity index (χ0) is 14.8. The molecule has 9 nitrogen and oxygen atoms in total. The van der Waals surface area contributed by atoms with E-state index >= 15 is 0 Å². The molecule has 2 N–H and O–H groups in total. The summed E-state index contributed by atoms with van der Waals surface area (Å²) >= 11 is 0. The SMILES string of the molecule is CN(Cc1ncnn1C)c1ncnc(-n2cccn2)c1N. The van der Waals surface area contributed by atoms with Crippen molar-refractivity contribution in [1.29, 1.82) is 0 Å². The molecular weight excluding hydrogens is 270 g/mol. The van der Waals surface area contributed by atoms with Gasteiger partial charge in [-0.15, -0.1) is 0 Å². The first-order valence-electron chi connectivity index (χ1n) is 6.31. The van der Waals surface area contributed by atoms with Crippen molar-refractivity contribution in [2.24, 2.45) is 7.05 Å². The second-order valence-electron chi connectivity index (χ2n) is 4.54. The molecule has 0 amide bonds. The van der Waals surface area contributed by atoms with Gasteiger partial charge in [-0.2, -0.15) is 10.2 Å². The summed E-state index contributed by atoms with van der Waals surface area (Å²) in [7, 11) is 3.73. The molecule has 0 aliphatic rings. The highest BCUT2D eigenvalue weighted by Crippen LogP contribution is 2.24. The molecule has 0 spiro atoms. The van der Waals surface area contributed by atoms with Gasteiger partial charge in [-0.05, 0) is 6.07 Å². The van der Waals surface area contributed by atoms with Gasteiger partial charge in [0.25, 0.3) is 0 Å². The second kappa shape index (κ2) is 5.19. The van der Waals surface area contributed by atoms with Gasteiger partial charge in [-0.3, -0.25) is 4.68 Å². The Hall–Kier alpha value is -2.97. The zero-order valence-corrected chi connectivity index (χ0v) is 11.7. The number of anilines is 2. The number of rotatable bonds is 4. The highest BCUT2D eigenvalue weighted by Gasteiger charge is 2.15. The van der Waals surface area contributed by atoms with Crippen molar-refractivity contribution >= 4 is 11.5 Å². The van der Waals surface area contributed by atoms with Crippen LogP contribution in [0.15, 0.2) is 31.1 Å². The predicted molar refractivity (Wildman–Crippen MR) is 76.7 cm³/mol. The Labute approximate surface area is 121 Å². The van der Waals surface area contributed by atoms with Crippen LogP contribution in [0, 0.1) is 0 Å². The number of aryl methyl sites for hydroxylation is 1. The lowest BCUT2D eigenvalue weighted by molar-refractivity contribution is 0.685. The van der Waals surface area contributed by atoms with Gasteiger partial charge in [0, 0.05) is 26.5 Å². The van der Waals surface area contributed by atoms with Crippen molar-refractivity contribution < 1.29 is 0 Å². The third-order valence-corrected chi connectivity index (χ3v) is 3.11. The zero-order valence-electron chi connectivity index (χ0n) is 11.7. The second-order valence-corrected chi connectivity index (χ2v) is 4.54. The topological polar surface area (TPSA) is 104 Å². The molecule has 0 aromatic carbocycles. The average Bonchev–Trinajstić information content (AvgIpc) is 3.12. The van der Waals surface area contributed by atoms with Crippen LogP contribution in [0.5, 0.6) is 0 Å². The van der Waals surface area contributed by atoms with Crippen LogP contribution in [-0.4, -0.2) is 41.6 Å². The summed E-state index contributed by atoms with van der Waals surface area (Å²) in [5, 5.41) is 8.18. The lowest BCUT2D eigenvalue weighted by atomic mass is 10.4. The van der Waals surface area contributed by atoms with Gasteiger partial charge in [0.15, 0.2) is 11.6 Å². The molecular formula is C12H15N9. The fourth-order valence-corrected chi connectivity index (χ4v) is 2.01. The monoisotopic (exact) mass is 285 g/mol. The van der Waals surface area contributed by atoms with Gasteiger partial charge in [0.2, 0.25) is 0 Å². The van der Waals surface area contributed by atoms with E-state index in [4.69, 9.17) is 5.73 Å². The molecule has 0 saturated carbocycles. The molecule has 0 saturated heterocycles. The molecule has 9 heteroatoms. The largest absolute Gasteiger partial charge is 0.393 e. The highest BCUT2D eigenvalue weighted by molar-refractivity contribution is 5.69. The average molecular weight is 285 g/mol. The summed E-state index contributed by atoms with van der Waals surface area (Å²) in [5.74, 6) is 1.99. The van der Waals surface area contributed by atoms with Crippen LogP contribution in [0.1, 0.15) is 5.82 Å². The number of nitrogens with two attached hydrogens (primary N) is 1. The number of hydrogen-bond acceptors (Lipinski definition) is 7. The van der Waals surface area contributed by atoms with Crippen molar-refractivity contribution in [3.63, 3.8) is 0 Å². The molecule has 0 aliphatic carbocycles. The van der Waals surface area contributed by atoms with E-state index in [-0.39, 0.29) is 0 Å². The summed E-state index contributed by atoms with van der Waals surface area (Å²) in [6, 6.07) is 1.81. The molecule has 0 bridgehead atoms. The Morgan fingerprint density at radius 1 is 1.19 bits per heavy atom. The number of hydrogen-bond donors (Lipinski definition) is 1. The molecule has 21 heavy (non-hydrogen) atoms. The van der Waals surface area contributed by atoms with E-state index in [1.165, 1.54) is 12.7 Å². The van der Waals surface area contributed by atoms with E-state index in [0.717, 1.165) is 5.82 Å². The van der Waals surface area contributed by atoms with Gasteiger partial charge < -0.3 is 10.6 Å². The minimum Gasteiger partial charge on any atom is -0.393 e. The highest BCUT2D eigenvalue weighted by atomic mass is 15.3. The van der Waals surface area contributed by atoms with Gasteiger partial charge in [-0.1, -0.05) is 0 Å². The quantitative estimate of drug-likeness (QED) is 0.720. The number of nitrogens with zero attached hydrogens (tertiary/aromatic N) is 8. The molecule has 3 aromatic rings. The van der Waals surface area contributed by atoms with E-state index in [9.17, 15) is 0 Å². The van der Waals surface area contributed by atoms with Crippen LogP contribution in [0.25, 0.3) is 5.82 Å². The molecule has 0 aliphatic heterocycles. The van der Waals surface area contributed by atoms with Gasteiger partial charge in [0.1, 0.15) is 24.2 Å². The maximum atomic E-state index is 6.17. The first kappa shape index (κ1) is 13.0. The maximum Gasteiger partial charge on any atom is 0.181 e. The Kier molecular flexibility index (Phi) is 3.22. The Bertz CT molecular complexity index is 731. The fourth-order valence-electron chi connectivity index (χ4n) is 2.01. The normalized spacial score (nSPS) is 10.8. The minimum absolute atomic E-state index is 0.464. The van der Waals surface area contributed by atoms with Crippen LogP contribution < -0.4 is 10.6 Å². The standard InChI is InChI=1S/C12H15N9/c1-19(6-9-14-8-18-20(9)2)11-10(13)12(16-7-15-11)21-5-3-4-17-21/h3-5,7-8H,6,13H2,1-2H3. The van der Waals surface area contributed by atoms with Crippen molar-refractivity contribution in [3.05, 3.63) is 36.9 Å². The van der Waals surface area contributed by atoms with Crippen LogP contribution >= 0.6 is 0 Å². The number of aromatic nitrogens is 7. The fraction of sp³-hybridized carbons (Fsp3) is 0.250. The van der Waals surface area contributed by atoms with E-state index in [2.05, 4.69) is 25.1 Å². The van der Waals surface area contributed by atoms with E-state index in [1.54, 1.807) is 21.8 Å². The van der Waals surface area contributed by atoms with Crippen molar-refractivity contribution in [2.75, 3.05) is 17.7 Å². The molecule has 0 fully saturated rings. The van der Waals surface area contributed by atoms with Gasteiger partial charge >= 0.3 is 0 Å². The minimum atomic E-state index is 0.464. The summed E-state index contributed by atoms with van der Waals surface area (Å²) in [5.41, 5.74) is 6.64. The van der Waals surface area contributed by atoms with Gasteiger partial charge in [-0.25, -0.2) is 19.6 Å². The molecule has 108 valence electrons. The summed E-state index contributed by atoms with van der Waals surface area (Å²) in [6.45, 7) is 0.538. The maximum absolute atomic E-state index is 6.17. The van der Waals surface area contributed by atoms with E-state index < -0.39 is 0 Å². The summed E-state index contributed by atoms with van der Waals surface area (Å²) < 4.78 is 3.32. The van der Waals surface area contributed by atoms with Crippen molar-refractivity contribution in [1.82, 2.24) is 34.5 Å². The molecule has 0 radical (unpaired) electrons. The lowest BCUT2D eigenvalue weighted by Crippen LogP contribution is -2.22. The Balaban J connectivity index is 1.92. The van der Waals surface area contributed by atoms with E-state index in [0.29, 0.717) is 23.9 Å². The van der Waals surface area contributed by atoms with Crippen LogP contribution in [-0.2, 0) is 13.6 Å². The Morgan fingerprint density at radius 2 is 2.05 bits per heavy atom. The molecule has 3 aromatic heterocycles. The Morgan fingerprint density at radius 3 is 2.71 bits per heavy atom. The molecule has 0 unspecified atom stereocenters. The first-order valence-corrected chi connectivity index (χ1v) is 6.31. The summed E-state index contributed by atoms with van der Waals surface area (Å²) in [6.07, 6.45) is 6.44. The van der Waals surface area contributed by atoms with Crippen LogP contribution in [0.4, 0.5) is 11.5 Å². The lowest BCUT2D eigenvalue weighted by Gasteiger charge is -2.19. The van der Waals surface area contributed by atoms with Crippen molar-refractivity contribution in [3.8, 4) is 5.82 Å². The molecule has 0 atom stereocenters. The van der Waals surface area contributed by atoms with E-state index in [1.807, 2.05) is 25.1 Å². The summed E-state index contributed by atoms with van der Waals surface area (Å²) in [4.78, 5) is 14.5. The third-order valence-electron chi connectivity index (χ3n) is 3.11. The molecule has 3 rings (SSSR count). The molecule has 3 heterocycles. The van der Waals surface area contributed by atoms with Gasteiger partial charge in [0.05, 0.1) is 6.54 Å². The smallest absolute Gasteiger partial charge is 0.181 e. The predicted octanol–water partition coefficient (Wildman–Crippen LogP) is 0.00940. The van der Waals surface area contributed by atoms with Crippen LogP contribution in [0.3, 0.4) is 0 Å². The van der Waals surface area contributed by atoms with Crippen molar-refractivity contribution in [2.45, 2.75) is 6.54 Å². The first-order chi connectivity index (χ1) is 10.2. The number of nitrogen functional groups attached to an aromatic ring is 1. The third kappa shape index (κ3) is 2.40.